The van der Waals surface area contributed by atoms with Crippen LogP contribution >= 0.6 is 11.6 Å². The number of aromatic nitrogens is 2. The van der Waals surface area contributed by atoms with Crippen molar-refractivity contribution >= 4 is 23.6 Å². The third-order valence-corrected chi connectivity index (χ3v) is 5.54. The fraction of sp³-hybridized carbons (Fsp3) is 0.478. The number of amides is 1. The molecule has 0 atom stereocenters. The second-order valence-corrected chi connectivity index (χ2v) is 8.57. The Labute approximate surface area is 178 Å². The van der Waals surface area contributed by atoms with Crippen LogP contribution in [0, 0.1) is 12.8 Å². The van der Waals surface area contributed by atoms with Crippen molar-refractivity contribution in [3.05, 3.63) is 57.9 Å². The molecule has 3 rings (SSSR count). The molecule has 1 saturated heterocycles. The number of nitrogens with zero attached hydrogens (tertiary/aromatic N) is 3. The number of nitrogens with one attached hydrogen (secondary N) is 1. The average molecular weight is 415 g/mol. The Bertz CT molecular complexity index is 849. The van der Waals surface area contributed by atoms with Gasteiger partial charge in [-0.2, -0.15) is 5.10 Å². The van der Waals surface area contributed by atoms with E-state index in [4.69, 9.17) is 11.6 Å². The molecule has 0 saturated carbocycles. The fourth-order valence-corrected chi connectivity index (χ4v) is 3.90. The Kier molecular flexibility index (Phi) is 7.51. The van der Waals surface area contributed by atoms with Crippen LogP contribution in [0.5, 0.6) is 0 Å². The molecule has 2 aromatic rings. The highest BCUT2D eigenvalue weighted by Crippen LogP contribution is 2.22. The lowest BCUT2D eigenvalue weighted by Crippen LogP contribution is -2.20. The zero-order valence-electron chi connectivity index (χ0n) is 17.6. The number of hydrogen-bond acceptors (Lipinski definition) is 3. The maximum atomic E-state index is 12.2. The van der Waals surface area contributed by atoms with Crippen LogP contribution in [0.25, 0.3) is 6.08 Å². The summed E-state index contributed by atoms with van der Waals surface area (Å²) >= 11 is 6.42. The minimum absolute atomic E-state index is 0.141. The highest BCUT2D eigenvalue weighted by molar-refractivity contribution is 6.31. The minimum atomic E-state index is -0.141. The standard InChI is InChI=1S/C23H31ClN4O/c1-17(2)15-28-23(24)21(18(3)26-28)10-11-22(29)25-14-19-6-8-20(9-7-19)16-27-12-4-5-13-27/h6-11,17H,4-5,12-16H2,1-3H3,(H,25,29)/b11-10+. The van der Waals surface area contributed by atoms with E-state index in [1.54, 1.807) is 10.8 Å². The lowest BCUT2D eigenvalue weighted by atomic mass is 10.1. The van der Waals surface area contributed by atoms with Gasteiger partial charge in [-0.05, 0) is 56.0 Å². The second kappa shape index (κ2) is 10.1. The van der Waals surface area contributed by atoms with Crippen LogP contribution < -0.4 is 5.32 Å². The molecule has 2 heterocycles. The predicted octanol–water partition coefficient (Wildman–Crippen LogP) is 4.43. The highest BCUT2D eigenvalue weighted by Gasteiger charge is 2.13. The van der Waals surface area contributed by atoms with Crippen LogP contribution in [-0.2, 0) is 24.4 Å². The molecule has 1 aromatic carbocycles. The molecule has 0 spiro atoms. The van der Waals surface area contributed by atoms with E-state index in [1.807, 2.05) is 6.92 Å². The van der Waals surface area contributed by atoms with E-state index in [-0.39, 0.29) is 5.91 Å². The van der Waals surface area contributed by atoms with Crippen LogP contribution in [-0.4, -0.2) is 33.7 Å². The zero-order chi connectivity index (χ0) is 20.8. The summed E-state index contributed by atoms with van der Waals surface area (Å²) < 4.78 is 1.79. The number of halogens is 1. The van der Waals surface area contributed by atoms with Crippen molar-refractivity contribution in [3.63, 3.8) is 0 Å². The highest BCUT2D eigenvalue weighted by atomic mass is 35.5. The molecule has 1 aliphatic heterocycles. The number of carbonyl (C=O) groups excluding carboxylic acids is 1. The molecule has 0 aliphatic carbocycles. The van der Waals surface area contributed by atoms with Gasteiger partial charge in [0, 0.05) is 31.3 Å². The van der Waals surface area contributed by atoms with Gasteiger partial charge in [0.15, 0.2) is 0 Å². The molecule has 0 radical (unpaired) electrons. The monoisotopic (exact) mass is 414 g/mol. The van der Waals surface area contributed by atoms with Gasteiger partial charge in [0.25, 0.3) is 0 Å². The smallest absolute Gasteiger partial charge is 0.244 e. The molecule has 5 nitrogen and oxygen atoms in total. The van der Waals surface area contributed by atoms with Gasteiger partial charge in [-0.15, -0.1) is 0 Å². The predicted molar refractivity (Wildman–Crippen MR) is 119 cm³/mol. The van der Waals surface area contributed by atoms with Gasteiger partial charge in [-0.1, -0.05) is 49.7 Å². The molecule has 1 fully saturated rings. The van der Waals surface area contributed by atoms with Crippen molar-refractivity contribution in [3.8, 4) is 0 Å². The van der Waals surface area contributed by atoms with Gasteiger partial charge in [-0.3, -0.25) is 14.4 Å². The van der Waals surface area contributed by atoms with Crippen molar-refractivity contribution in [1.29, 1.82) is 0 Å². The van der Waals surface area contributed by atoms with Crippen LogP contribution in [0.3, 0.4) is 0 Å². The maximum absolute atomic E-state index is 12.2. The molecule has 0 unspecified atom stereocenters. The van der Waals surface area contributed by atoms with Gasteiger partial charge in [0.05, 0.1) is 5.69 Å². The molecule has 29 heavy (non-hydrogen) atoms. The molecule has 1 aromatic heterocycles. The quantitative estimate of drug-likeness (QED) is 0.650. The molecule has 1 N–H and O–H groups in total. The average Bonchev–Trinajstić information content (AvgIpc) is 3.28. The summed E-state index contributed by atoms with van der Waals surface area (Å²) in [4.78, 5) is 14.7. The Balaban J connectivity index is 1.51. The first-order valence-electron chi connectivity index (χ1n) is 10.4. The van der Waals surface area contributed by atoms with Crippen molar-refractivity contribution in [2.45, 2.75) is 53.2 Å². The first-order valence-corrected chi connectivity index (χ1v) is 10.8. The third kappa shape index (κ3) is 6.18. The van der Waals surface area contributed by atoms with Gasteiger partial charge < -0.3 is 5.32 Å². The van der Waals surface area contributed by atoms with E-state index in [0.717, 1.165) is 29.9 Å². The molecular formula is C23H31ClN4O. The third-order valence-electron chi connectivity index (χ3n) is 5.14. The lowest BCUT2D eigenvalue weighted by molar-refractivity contribution is -0.116. The Morgan fingerprint density at radius 1 is 1.21 bits per heavy atom. The Morgan fingerprint density at radius 3 is 2.52 bits per heavy atom. The summed E-state index contributed by atoms with van der Waals surface area (Å²) in [5, 5.41) is 7.98. The van der Waals surface area contributed by atoms with Gasteiger partial charge in [-0.25, -0.2) is 0 Å². The molecule has 1 aliphatic rings. The number of rotatable bonds is 8. The van der Waals surface area contributed by atoms with Crippen molar-refractivity contribution in [2.24, 2.45) is 5.92 Å². The topological polar surface area (TPSA) is 50.2 Å². The largest absolute Gasteiger partial charge is 0.348 e. The summed E-state index contributed by atoms with van der Waals surface area (Å²) in [7, 11) is 0. The van der Waals surface area contributed by atoms with Crippen molar-refractivity contribution in [1.82, 2.24) is 20.0 Å². The Hall–Kier alpha value is -2.11. The molecule has 6 heteroatoms. The first kappa shape index (κ1) is 21.6. The van der Waals surface area contributed by atoms with Gasteiger partial charge >= 0.3 is 0 Å². The van der Waals surface area contributed by atoms with Gasteiger partial charge in [0.1, 0.15) is 5.15 Å². The van der Waals surface area contributed by atoms with Gasteiger partial charge in [0.2, 0.25) is 5.91 Å². The summed E-state index contributed by atoms with van der Waals surface area (Å²) in [5.41, 5.74) is 4.04. The van der Waals surface area contributed by atoms with Crippen LogP contribution in [0.2, 0.25) is 5.15 Å². The van der Waals surface area contributed by atoms with Crippen LogP contribution in [0.15, 0.2) is 30.3 Å². The number of hydrogen-bond donors (Lipinski definition) is 1. The molecule has 156 valence electrons. The SMILES string of the molecule is Cc1nn(CC(C)C)c(Cl)c1/C=C/C(=O)NCc1ccc(CN2CCCC2)cc1. The molecule has 0 bridgehead atoms. The summed E-state index contributed by atoms with van der Waals surface area (Å²) in [5.74, 6) is 0.312. The number of benzene rings is 1. The molecular weight excluding hydrogens is 384 g/mol. The van der Waals surface area contributed by atoms with E-state index in [9.17, 15) is 4.79 Å². The maximum Gasteiger partial charge on any atom is 0.244 e. The normalized spacial score (nSPS) is 14.9. The second-order valence-electron chi connectivity index (χ2n) is 8.22. The van der Waals surface area contributed by atoms with Crippen LogP contribution in [0.1, 0.15) is 49.1 Å². The van der Waals surface area contributed by atoms with E-state index in [0.29, 0.717) is 17.6 Å². The lowest BCUT2D eigenvalue weighted by Gasteiger charge is -2.14. The summed E-state index contributed by atoms with van der Waals surface area (Å²) in [6, 6.07) is 8.49. The van der Waals surface area contributed by atoms with E-state index >= 15 is 0 Å². The Morgan fingerprint density at radius 2 is 1.86 bits per heavy atom. The minimum Gasteiger partial charge on any atom is -0.348 e. The molecule has 1 amide bonds. The van der Waals surface area contributed by atoms with Crippen molar-refractivity contribution in [2.75, 3.05) is 13.1 Å². The number of likely N-dealkylation sites (tertiary alicyclic amines) is 1. The zero-order valence-corrected chi connectivity index (χ0v) is 18.4. The van der Waals surface area contributed by atoms with Crippen LogP contribution in [0.4, 0.5) is 0 Å². The van der Waals surface area contributed by atoms with Crippen molar-refractivity contribution < 1.29 is 4.79 Å². The number of carbonyl (C=O) groups is 1. The first-order chi connectivity index (χ1) is 13.9. The van der Waals surface area contributed by atoms with E-state index in [1.165, 1.54) is 37.6 Å². The number of aryl methyl sites for hydroxylation is 1. The van der Waals surface area contributed by atoms with E-state index in [2.05, 4.69) is 53.4 Å². The fourth-order valence-electron chi connectivity index (χ4n) is 3.59. The van der Waals surface area contributed by atoms with E-state index < -0.39 is 0 Å². The summed E-state index contributed by atoms with van der Waals surface area (Å²) in [6.07, 6.45) is 5.88. The summed E-state index contributed by atoms with van der Waals surface area (Å²) in [6.45, 7) is 10.8.